The van der Waals surface area contributed by atoms with Crippen molar-refractivity contribution in [3.8, 4) is 11.1 Å². The van der Waals surface area contributed by atoms with Gasteiger partial charge in [-0.05, 0) is 30.5 Å². The highest BCUT2D eigenvalue weighted by molar-refractivity contribution is 7.86. The molecule has 4 heterocycles. The molecular weight excluding hydrogens is 356 g/mol. The summed E-state index contributed by atoms with van der Waals surface area (Å²) in [7, 11) is -3.45. The number of nitrogens with two attached hydrogens (primary N) is 1. The summed E-state index contributed by atoms with van der Waals surface area (Å²) < 4.78 is 34.6. The number of morpholine rings is 1. The van der Waals surface area contributed by atoms with E-state index in [2.05, 4.69) is 15.2 Å². The van der Waals surface area contributed by atoms with Crippen molar-refractivity contribution >= 4 is 16.0 Å². The van der Waals surface area contributed by atoms with E-state index >= 15 is 0 Å². The fourth-order valence-corrected chi connectivity index (χ4v) is 5.15. The summed E-state index contributed by atoms with van der Waals surface area (Å²) in [5.41, 5.74) is 8.23. The molecule has 3 N–H and O–H groups in total. The van der Waals surface area contributed by atoms with Gasteiger partial charge in [0, 0.05) is 37.9 Å². The minimum absolute atomic E-state index is 0.259. The lowest BCUT2D eigenvalue weighted by molar-refractivity contribution is -0.00617. The molecule has 0 aromatic carbocycles. The van der Waals surface area contributed by atoms with E-state index in [-0.39, 0.29) is 6.54 Å². The molecule has 0 radical (unpaired) electrons. The summed E-state index contributed by atoms with van der Waals surface area (Å²) in [5.74, 6) is 0.414. The molecule has 2 aliphatic rings. The van der Waals surface area contributed by atoms with Gasteiger partial charge in [-0.2, -0.15) is 22.1 Å². The zero-order valence-corrected chi connectivity index (χ0v) is 15.2. The maximum atomic E-state index is 12.8. The summed E-state index contributed by atoms with van der Waals surface area (Å²) >= 11 is 0. The Labute approximate surface area is 152 Å². The van der Waals surface area contributed by atoms with Gasteiger partial charge < -0.3 is 10.5 Å². The van der Waals surface area contributed by atoms with Crippen molar-refractivity contribution in [1.82, 2.24) is 23.8 Å². The number of nitrogens with one attached hydrogen (secondary N) is 1. The van der Waals surface area contributed by atoms with Crippen LogP contribution in [0, 0.1) is 0 Å². The zero-order valence-electron chi connectivity index (χ0n) is 14.3. The van der Waals surface area contributed by atoms with Crippen molar-refractivity contribution in [3.05, 3.63) is 30.2 Å². The number of nitrogen functional groups attached to an aromatic ring is 1. The molecule has 2 saturated heterocycles. The molecule has 10 heteroatoms. The Morgan fingerprint density at radius 1 is 1.23 bits per heavy atom. The maximum Gasteiger partial charge on any atom is 0.282 e. The van der Waals surface area contributed by atoms with Crippen LogP contribution in [0.5, 0.6) is 0 Å². The highest BCUT2D eigenvalue weighted by Gasteiger charge is 2.36. The zero-order chi connectivity index (χ0) is 18.1. The molecular formula is C16H22N6O3S. The van der Waals surface area contributed by atoms with Crippen LogP contribution in [0.25, 0.3) is 11.1 Å². The molecule has 0 saturated carbocycles. The van der Waals surface area contributed by atoms with Gasteiger partial charge in [0.1, 0.15) is 11.9 Å². The van der Waals surface area contributed by atoms with Gasteiger partial charge in [-0.15, -0.1) is 0 Å². The monoisotopic (exact) mass is 378 g/mol. The molecule has 0 amide bonds. The third-order valence-electron chi connectivity index (χ3n) is 4.83. The number of hydrogen-bond donors (Lipinski definition) is 2. The Bertz CT molecular complexity index is 878. The molecule has 9 nitrogen and oxygen atoms in total. The highest BCUT2D eigenvalue weighted by Crippen LogP contribution is 2.32. The number of pyridine rings is 1. The third-order valence-corrected chi connectivity index (χ3v) is 6.83. The van der Waals surface area contributed by atoms with Gasteiger partial charge in [0.2, 0.25) is 0 Å². The van der Waals surface area contributed by atoms with Crippen molar-refractivity contribution in [2.24, 2.45) is 0 Å². The van der Waals surface area contributed by atoms with E-state index in [4.69, 9.17) is 10.5 Å². The first-order valence-corrected chi connectivity index (χ1v) is 10.1. The minimum Gasteiger partial charge on any atom is -0.384 e. The number of ether oxygens (including phenoxy) is 1. The van der Waals surface area contributed by atoms with Gasteiger partial charge in [-0.1, -0.05) is 0 Å². The second-order valence-electron chi connectivity index (χ2n) is 6.50. The highest BCUT2D eigenvalue weighted by atomic mass is 32.2. The van der Waals surface area contributed by atoms with Crippen LogP contribution in [0.2, 0.25) is 0 Å². The molecule has 140 valence electrons. The topological polar surface area (TPSA) is 117 Å². The van der Waals surface area contributed by atoms with Gasteiger partial charge >= 0.3 is 0 Å². The lowest BCUT2D eigenvalue weighted by atomic mass is 10.0. The molecule has 0 aliphatic carbocycles. The van der Waals surface area contributed by atoms with Crippen molar-refractivity contribution in [2.45, 2.75) is 18.9 Å². The Morgan fingerprint density at radius 3 is 2.81 bits per heavy atom. The lowest BCUT2D eigenvalue weighted by Crippen LogP contribution is -2.48. The van der Waals surface area contributed by atoms with Gasteiger partial charge in [-0.25, -0.2) is 4.98 Å². The largest absolute Gasteiger partial charge is 0.384 e. The van der Waals surface area contributed by atoms with E-state index in [1.807, 2.05) is 6.07 Å². The minimum atomic E-state index is -3.45. The first-order valence-electron chi connectivity index (χ1n) is 8.68. The van der Waals surface area contributed by atoms with Crippen LogP contribution < -0.4 is 5.73 Å². The predicted octanol–water partition coefficient (Wildman–Crippen LogP) is 0.768. The van der Waals surface area contributed by atoms with Crippen LogP contribution in [0.3, 0.4) is 0 Å². The number of nitrogens with zero attached hydrogens (tertiary/aromatic N) is 4. The number of aromatic amines is 1. The Hall–Kier alpha value is -2.01. The van der Waals surface area contributed by atoms with E-state index in [0.717, 1.165) is 29.7 Å². The van der Waals surface area contributed by atoms with Crippen LogP contribution in [0.15, 0.2) is 24.5 Å². The summed E-state index contributed by atoms with van der Waals surface area (Å²) in [6, 6.07) is 3.60. The van der Waals surface area contributed by atoms with E-state index in [1.165, 1.54) is 4.31 Å². The van der Waals surface area contributed by atoms with E-state index in [0.29, 0.717) is 32.1 Å². The number of rotatable bonds is 4. The normalized spacial score (nSPS) is 22.7. The quantitative estimate of drug-likeness (QED) is 0.811. The SMILES string of the molecule is Nc1cc(-c2cn[nH]c2C2CN(S(=O)(=O)N3CCCC3)CCO2)ccn1. The van der Waals surface area contributed by atoms with Crippen LogP contribution in [0.1, 0.15) is 24.6 Å². The summed E-state index contributed by atoms with van der Waals surface area (Å²) in [4.78, 5) is 4.00. The predicted molar refractivity (Wildman–Crippen MR) is 96.2 cm³/mol. The van der Waals surface area contributed by atoms with Crippen LogP contribution in [-0.4, -0.2) is 65.0 Å². The van der Waals surface area contributed by atoms with Crippen molar-refractivity contribution in [1.29, 1.82) is 0 Å². The Kier molecular flexibility index (Phi) is 4.65. The fraction of sp³-hybridized carbons (Fsp3) is 0.500. The standard InChI is InChI=1S/C16H22N6O3S/c17-15-9-12(3-4-18-15)13-10-19-20-16(13)14-11-22(7-8-25-14)26(23,24)21-5-1-2-6-21/h3-4,9-10,14H,1-2,5-8,11H2,(H2,17,18)(H,19,20). The van der Waals surface area contributed by atoms with Gasteiger partial charge in [-0.3, -0.25) is 5.10 Å². The van der Waals surface area contributed by atoms with Crippen LogP contribution >= 0.6 is 0 Å². The van der Waals surface area contributed by atoms with Crippen molar-refractivity contribution in [3.63, 3.8) is 0 Å². The van der Waals surface area contributed by atoms with E-state index < -0.39 is 16.3 Å². The molecule has 1 unspecified atom stereocenters. The van der Waals surface area contributed by atoms with Gasteiger partial charge in [0.15, 0.2) is 0 Å². The summed E-state index contributed by atoms with van der Waals surface area (Å²) in [5, 5.41) is 7.09. The van der Waals surface area contributed by atoms with Crippen molar-refractivity contribution < 1.29 is 13.2 Å². The molecule has 2 aromatic rings. The average molecular weight is 378 g/mol. The molecule has 0 bridgehead atoms. The second kappa shape index (κ2) is 6.95. The number of hydrogen-bond acceptors (Lipinski definition) is 6. The molecule has 26 heavy (non-hydrogen) atoms. The molecule has 2 aliphatic heterocycles. The fourth-order valence-electron chi connectivity index (χ4n) is 3.48. The molecule has 0 spiro atoms. The van der Waals surface area contributed by atoms with Crippen LogP contribution in [-0.2, 0) is 14.9 Å². The molecule has 2 aromatic heterocycles. The first-order chi connectivity index (χ1) is 12.6. The smallest absolute Gasteiger partial charge is 0.282 e. The second-order valence-corrected chi connectivity index (χ2v) is 8.43. The summed E-state index contributed by atoms with van der Waals surface area (Å²) in [6.07, 6.45) is 4.75. The van der Waals surface area contributed by atoms with E-state index in [1.54, 1.807) is 22.8 Å². The first kappa shape index (κ1) is 17.4. The van der Waals surface area contributed by atoms with E-state index in [9.17, 15) is 8.42 Å². The average Bonchev–Trinajstić information content (AvgIpc) is 3.34. The van der Waals surface area contributed by atoms with Gasteiger partial charge in [0.25, 0.3) is 10.2 Å². The van der Waals surface area contributed by atoms with Crippen molar-refractivity contribution in [2.75, 3.05) is 38.5 Å². The number of H-pyrrole nitrogens is 1. The Morgan fingerprint density at radius 2 is 2.04 bits per heavy atom. The number of anilines is 1. The van der Waals surface area contributed by atoms with Crippen LogP contribution in [0.4, 0.5) is 5.82 Å². The van der Waals surface area contributed by atoms with Gasteiger partial charge in [0.05, 0.1) is 18.5 Å². The molecule has 2 fully saturated rings. The Balaban J connectivity index is 1.59. The summed E-state index contributed by atoms with van der Waals surface area (Å²) in [6.45, 7) is 2.15. The maximum absolute atomic E-state index is 12.8. The lowest BCUT2D eigenvalue weighted by Gasteiger charge is -2.34. The third kappa shape index (κ3) is 3.20. The molecule has 1 atom stereocenters. The number of aromatic nitrogens is 3. The molecule has 4 rings (SSSR count).